The first kappa shape index (κ1) is 19.1. The first-order valence-corrected chi connectivity index (χ1v) is 8.30. The Hall–Kier alpha value is -2.18. The summed E-state index contributed by atoms with van der Waals surface area (Å²) < 4.78 is 15.4. The third kappa shape index (κ3) is 4.67. The van der Waals surface area contributed by atoms with Crippen LogP contribution in [0.2, 0.25) is 0 Å². The number of nitrogens with zero attached hydrogens (tertiary/aromatic N) is 2. The highest BCUT2D eigenvalue weighted by Crippen LogP contribution is 2.32. The van der Waals surface area contributed by atoms with E-state index in [1.165, 1.54) is 7.11 Å². The number of hydrogen-bond donors (Lipinski definition) is 0. The predicted molar refractivity (Wildman–Crippen MR) is 98.2 cm³/mol. The van der Waals surface area contributed by atoms with Gasteiger partial charge in [-0.25, -0.2) is 0 Å². The molecular formula is C19H26N2O4. The van der Waals surface area contributed by atoms with Crippen LogP contribution in [0.25, 0.3) is 10.9 Å². The SMILES string of the molecule is COCCN(CCOC)c1c(CC(=O)OC)c(C)nc2ccccc12. The second-order valence-electron chi connectivity index (χ2n) is 5.77. The molecule has 6 nitrogen and oxygen atoms in total. The van der Waals surface area contributed by atoms with E-state index in [4.69, 9.17) is 14.2 Å². The molecule has 0 atom stereocenters. The molecule has 1 aromatic heterocycles. The zero-order valence-electron chi connectivity index (χ0n) is 15.4. The lowest BCUT2D eigenvalue weighted by atomic mass is 10.0. The predicted octanol–water partition coefficient (Wildman–Crippen LogP) is 2.36. The second kappa shape index (κ2) is 9.34. The second-order valence-corrected chi connectivity index (χ2v) is 5.77. The van der Waals surface area contributed by atoms with Gasteiger partial charge in [-0.1, -0.05) is 18.2 Å². The van der Waals surface area contributed by atoms with E-state index in [1.807, 2.05) is 31.2 Å². The van der Waals surface area contributed by atoms with Crippen LogP contribution in [0.5, 0.6) is 0 Å². The monoisotopic (exact) mass is 346 g/mol. The van der Waals surface area contributed by atoms with Gasteiger partial charge in [-0.05, 0) is 13.0 Å². The molecule has 0 bridgehead atoms. The molecule has 1 heterocycles. The molecule has 0 aliphatic carbocycles. The number of carbonyl (C=O) groups excluding carboxylic acids is 1. The number of carbonyl (C=O) groups is 1. The first-order chi connectivity index (χ1) is 12.1. The van der Waals surface area contributed by atoms with Gasteiger partial charge in [0.25, 0.3) is 0 Å². The molecule has 6 heteroatoms. The summed E-state index contributed by atoms with van der Waals surface area (Å²) in [6.07, 6.45) is 0.186. The number of methoxy groups -OCH3 is 3. The van der Waals surface area contributed by atoms with Gasteiger partial charge in [0.05, 0.1) is 37.9 Å². The lowest BCUT2D eigenvalue weighted by molar-refractivity contribution is -0.139. The van der Waals surface area contributed by atoms with Crippen LogP contribution in [0.3, 0.4) is 0 Å². The van der Waals surface area contributed by atoms with Crippen LogP contribution in [-0.4, -0.2) is 58.6 Å². The fraction of sp³-hybridized carbons (Fsp3) is 0.474. The molecule has 0 amide bonds. The number of esters is 1. The van der Waals surface area contributed by atoms with Crippen molar-refractivity contribution in [3.63, 3.8) is 0 Å². The van der Waals surface area contributed by atoms with Crippen LogP contribution in [0.15, 0.2) is 24.3 Å². The fourth-order valence-electron chi connectivity index (χ4n) is 2.88. The van der Waals surface area contributed by atoms with Gasteiger partial charge in [0.1, 0.15) is 0 Å². The Labute approximate surface area is 148 Å². The number of pyridine rings is 1. The van der Waals surface area contributed by atoms with E-state index in [-0.39, 0.29) is 12.4 Å². The Bertz CT molecular complexity index is 710. The minimum atomic E-state index is -0.278. The minimum absolute atomic E-state index is 0.186. The molecule has 2 rings (SSSR count). The lowest BCUT2D eigenvalue weighted by Gasteiger charge is -2.28. The number of rotatable bonds is 9. The van der Waals surface area contributed by atoms with Crippen molar-refractivity contribution in [2.45, 2.75) is 13.3 Å². The third-order valence-corrected chi connectivity index (χ3v) is 4.17. The van der Waals surface area contributed by atoms with E-state index in [9.17, 15) is 4.79 Å². The van der Waals surface area contributed by atoms with Crippen LogP contribution in [0.4, 0.5) is 5.69 Å². The van der Waals surface area contributed by atoms with Gasteiger partial charge in [-0.15, -0.1) is 0 Å². The lowest BCUT2D eigenvalue weighted by Crippen LogP contribution is -2.32. The van der Waals surface area contributed by atoms with Crippen LogP contribution >= 0.6 is 0 Å². The number of benzene rings is 1. The largest absolute Gasteiger partial charge is 0.469 e. The summed E-state index contributed by atoms with van der Waals surface area (Å²) in [4.78, 5) is 18.8. The Morgan fingerprint density at radius 1 is 1.08 bits per heavy atom. The third-order valence-electron chi connectivity index (χ3n) is 4.17. The van der Waals surface area contributed by atoms with Gasteiger partial charge in [0, 0.05) is 44.0 Å². The topological polar surface area (TPSA) is 60.9 Å². The van der Waals surface area contributed by atoms with E-state index in [1.54, 1.807) is 14.2 Å². The normalized spacial score (nSPS) is 10.9. The number of aryl methyl sites for hydroxylation is 1. The van der Waals surface area contributed by atoms with Crippen molar-refractivity contribution in [2.24, 2.45) is 0 Å². The summed E-state index contributed by atoms with van der Waals surface area (Å²) in [6.45, 7) is 4.48. The van der Waals surface area contributed by atoms with E-state index in [0.717, 1.165) is 27.8 Å². The quantitative estimate of drug-likeness (QED) is 0.650. The number of ether oxygens (including phenoxy) is 3. The molecule has 0 spiro atoms. The van der Waals surface area contributed by atoms with Crippen molar-refractivity contribution >= 4 is 22.6 Å². The van der Waals surface area contributed by atoms with Crippen molar-refractivity contribution in [3.8, 4) is 0 Å². The Kier molecular flexibility index (Phi) is 7.16. The molecule has 2 aromatic rings. The van der Waals surface area contributed by atoms with E-state index in [2.05, 4.69) is 9.88 Å². The van der Waals surface area contributed by atoms with Crippen LogP contribution in [-0.2, 0) is 25.4 Å². The van der Waals surface area contributed by atoms with Crippen molar-refractivity contribution in [2.75, 3.05) is 52.5 Å². The molecule has 0 fully saturated rings. The zero-order chi connectivity index (χ0) is 18.2. The number of para-hydroxylation sites is 1. The van der Waals surface area contributed by atoms with E-state index >= 15 is 0 Å². The highest BCUT2D eigenvalue weighted by Gasteiger charge is 2.20. The molecule has 0 aliphatic heterocycles. The highest BCUT2D eigenvalue weighted by molar-refractivity contribution is 5.95. The van der Waals surface area contributed by atoms with Crippen molar-refractivity contribution < 1.29 is 19.0 Å². The maximum atomic E-state index is 12.0. The van der Waals surface area contributed by atoms with Gasteiger partial charge in [0.2, 0.25) is 0 Å². The van der Waals surface area contributed by atoms with Gasteiger partial charge in [-0.2, -0.15) is 0 Å². The average molecular weight is 346 g/mol. The number of aromatic nitrogens is 1. The van der Waals surface area contributed by atoms with Crippen LogP contribution in [0, 0.1) is 6.92 Å². The molecule has 0 saturated carbocycles. The smallest absolute Gasteiger partial charge is 0.310 e. The zero-order valence-corrected chi connectivity index (χ0v) is 15.4. The number of hydrogen-bond acceptors (Lipinski definition) is 6. The average Bonchev–Trinajstić information content (AvgIpc) is 2.63. The Balaban J connectivity index is 2.61. The Morgan fingerprint density at radius 3 is 2.32 bits per heavy atom. The molecular weight excluding hydrogens is 320 g/mol. The van der Waals surface area contributed by atoms with Gasteiger partial charge in [0.15, 0.2) is 0 Å². The van der Waals surface area contributed by atoms with Crippen LogP contribution < -0.4 is 4.90 Å². The summed E-state index contributed by atoms with van der Waals surface area (Å²) in [5, 5.41) is 1.01. The van der Waals surface area contributed by atoms with Gasteiger partial charge in [-0.3, -0.25) is 9.78 Å². The van der Waals surface area contributed by atoms with E-state index < -0.39 is 0 Å². The summed E-state index contributed by atoms with van der Waals surface area (Å²) >= 11 is 0. The molecule has 0 radical (unpaired) electrons. The van der Waals surface area contributed by atoms with E-state index in [0.29, 0.717) is 26.3 Å². The molecule has 1 aromatic carbocycles. The van der Waals surface area contributed by atoms with Gasteiger partial charge >= 0.3 is 5.97 Å². The first-order valence-electron chi connectivity index (χ1n) is 8.30. The number of fused-ring (bicyclic) bond motifs is 1. The minimum Gasteiger partial charge on any atom is -0.469 e. The van der Waals surface area contributed by atoms with Gasteiger partial charge < -0.3 is 19.1 Å². The fourth-order valence-corrected chi connectivity index (χ4v) is 2.88. The van der Waals surface area contributed by atoms with Crippen molar-refractivity contribution in [1.82, 2.24) is 4.98 Å². The highest BCUT2D eigenvalue weighted by atomic mass is 16.5. The molecule has 0 N–H and O–H groups in total. The standard InChI is InChI=1S/C19H26N2O4/c1-14-16(13-18(22)25-4)19(15-7-5-6-8-17(15)20-14)21(9-11-23-2)10-12-24-3/h5-8H,9-13H2,1-4H3. The molecule has 0 aliphatic rings. The number of anilines is 1. The maximum absolute atomic E-state index is 12.0. The molecule has 25 heavy (non-hydrogen) atoms. The molecule has 136 valence electrons. The van der Waals surface area contributed by atoms with Crippen LogP contribution in [0.1, 0.15) is 11.3 Å². The molecule has 0 saturated heterocycles. The summed E-state index contributed by atoms with van der Waals surface area (Å²) in [5.74, 6) is -0.278. The van der Waals surface area contributed by atoms with Crippen molar-refractivity contribution in [1.29, 1.82) is 0 Å². The summed E-state index contributed by atoms with van der Waals surface area (Å²) in [7, 11) is 4.76. The summed E-state index contributed by atoms with van der Waals surface area (Å²) in [6, 6.07) is 7.96. The Morgan fingerprint density at radius 2 is 1.72 bits per heavy atom. The van der Waals surface area contributed by atoms with Crippen molar-refractivity contribution in [3.05, 3.63) is 35.5 Å². The summed E-state index contributed by atoms with van der Waals surface area (Å²) in [5.41, 5.74) is 3.63. The molecule has 0 unspecified atom stereocenters. The maximum Gasteiger partial charge on any atom is 0.310 e.